The van der Waals surface area contributed by atoms with Gasteiger partial charge in [-0.25, -0.2) is 4.68 Å². The van der Waals surface area contributed by atoms with Gasteiger partial charge in [0.2, 0.25) is 0 Å². The Morgan fingerprint density at radius 3 is 2.68 bits per heavy atom. The number of rotatable bonds is 3. The number of hydrogen-bond acceptors (Lipinski definition) is 3. The Morgan fingerprint density at radius 1 is 1.18 bits per heavy atom. The van der Waals surface area contributed by atoms with Gasteiger partial charge < -0.3 is 10.0 Å². The Hall–Kier alpha value is -2.63. The number of hydrogen-bond donors (Lipinski definition) is 1. The van der Waals surface area contributed by atoms with Gasteiger partial charge in [-0.15, -0.1) is 0 Å². The standard InChI is InChI=1S/C22H25N3O3/c1-14-7-9-16(10-8-14)25-18-6-2-5-17(18)19(23-25)20(26)24-12-15-4-3-11-22(15,13-24)21(27)28/h7-10,15H,2-6,11-13H2,1H3,(H,27,28)/t15-,22+/m0/s1. The summed E-state index contributed by atoms with van der Waals surface area (Å²) in [5.41, 5.74) is 4.10. The number of nitrogens with zero attached hydrogens (tertiary/aromatic N) is 3. The smallest absolute Gasteiger partial charge is 0.311 e. The van der Waals surface area contributed by atoms with E-state index in [1.165, 1.54) is 5.56 Å². The van der Waals surface area contributed by atoms with Gasteiger partial charge in [0.1, 0.15) is 0 Å². The first kappa shape index (κ1) is 17.5. The van der Waals surface area contributed by atoms with Crippen LogP contribution in [0.2, 0.25) is 0 Å². The molecule has 1 aromatic carbocycles. The molecule has 1 saturated heterocycles. The van der Waals surface area contributed by atoms with Crippen LogP contribution in [0.5, 0.6) is 0 Å². The average molecular weight is 379 g/mol. The van der Waals surface area contributed by atoms with E-state index < -0.39 is 11.4 Å². The number of carbonyl (C=O) groups is 2. The number of fused-ring (bicyclic) bond motifs is 2. The number of aliphatic carboxylic acids is 1. The maximum absolute atomic E-state index is 13.4. The van der Waals surface area contributed by atoms with Gasteiger partial charge >= 0.3 is 5.97 Å². The number of amides is 1. The molecule has 3 aliphatic rings. The third-order valence-electron chi connectivity index (χ3n) is 7.00. The van der Waals surface area contributed by atoms with Crippen LogP contribution in [-0.4, -0.2) is 44.8 Å². The highest BCUT2D eigenvalue weighted by Gasteiger charge is 2.56. The molecular formula is C22H25N3O3. The summed E-state index contributed by atoms with van der Waals surface area (Å²) in [6, 6.07) is 8.18. The van der Waals surface area contributed by atoms with Crippen molar-refractivity contribution >= 4 is 11.9 Å². The molecule has 2 aromatic rings. The minimum absolute atomic E-state index is 0.0705. The molecule has 0 spiro atoms. The van der Waals surface area contributed by atoms with Gasteiger partial charge in [-0.2, -0.15) is 5.10 Å². The molecule has 1 aromatic heterocycles. The third kappa shape index (κ3) is 2.43. The molecule has 2 fully saturated rings. The predicted molar refractivity (Wildman–Crippen MR) is 104 cm³/mol. The van der Waals surface area contributed by atoms with Crippen molar-refractivity contribution in [1.29, 1.82) is 0 Å². The van der Waals surface area contributed by atoms with E-state index in [4.69, 9.17) is 5.10 Å². The summed E-state index contributed by atoms with van der Waals surface area (Å²) >= 11 is 0. The highest BCUT2D eigenvalue weighted by Crippen LogP contribution is 2.49. The van der Waals surface area contributed by atoms with E-state index >= 15 is 0 Å². The van der Waals surface area contributed by atoms with Gasteiger partial charge in [-0.05, 0) is 57.1 Å². The molecule has 1 aliphatic heterocycles. The van der Waals surface area contributed by atoms with E-state index in [0.29, 0.717) is 25.2 Å². The second kappa shape index (κ2) is 6.19. The molecule has 6 heteroatoms. The lowest BCUT2D eigenvalue weighted by Gasteiger charge is -2.23. The van der Waals surface area contributed by atoms with Gasteiger partial charge in [0.15, 0.2) is 5.69 Å². The Kier molecular flexibility index (Phi) is 3.86. The number of carboxylic acids is 1. The molecule has 1 amide bonds. The van der Waals surface area contributed by atoms with Gasteiger partial charge in [0.25, 0.3) is 5.91 Å². The number of carbonyl (C=O) groups excluding carboxylic acids is 1. The lowest BCUT2D eigenvalue weighted by Crippen LogP contribution is -2.37. The van der Waals surface area contributed by atoms with Crippen molar-refractivity contribution in [2.24, 2.45) is 11.3 Å². The highest BCUT2D eigenvalue weighted by molar-refractivity contribution is 5.95. The van der Waals surface area contributed by atoms with Crippen molar-refractivity contribution in [2.45, 2.75) is 45.4 Å². The molecule has 2 heterocycles. The lowest BCUT2D eigenvalue weighted by molar-refractivity contribution is -0.149. The third-order valence-corrected chi connectivity index (χ3v) is 7.00. The molecule has 1 N–H and O–H groups in total. The molecule has 5 rings (SSSR count). The van der Waals surface area contributed by atoms with E-state index in [1.54, 1.807) is 4.90 Å². The summed E-state index contributed by atoms with van der Waals surface area (Å²) in [7, 11) is 0. The van der Waals surface area contributed by atoms with Crippen molar-refractivity contribution in [3.8, 4) is 5.69 Å². The molecule has 6 nitrogen and oxygen atoms in total. The molecule has 0 bridgehead atoms. The molecule has 0 radical (unpaired) electrons. The van der Waals surface area contributed by atoms with Crippen LogP contribution < -0.4 is 0 Å². The molecule has 2 aliphatic carbocycles. The molecule has 1 saturated carbocycles. The quantitative estimate of drug-likeness (QED) is 0.890. The Balaban J connectivity index is 1.49. The molecule has 2 atom stereocenters. The topological polar surface area (TPSA) is 75.4 Å². The summed E-state index contributed by atoms with van der Waals surface area (Å²) in [5.74, 6) is -0.777. The van der Waals surface area contributed by atoms with Crippen LogP contribution in [0.3, 0.4) is 0 Å². The minimum Gasteiger partial charge on any atom is -0.481 e. The fourth-order valence-electron chi connectivity index (χ4n) is 5.45. The zero-order valence-electron chi connectivity index (χ0n) is 16.1. The first-order valence-electron chi connectivity index (χ1n) is 10.2. The summed E-state index contributed by atoms with van der Waals surface area (Å²) in [6.45, 7) is 2.91. The second-order valence-corrected chi connectivity index (χ2v) is 8.61. The summed E-state index contributed by atoms with van der Waals surface area (Å²) < 4.78 is 1.92. The zero-order chi connectivity index (χ0) is 19.5. The van der Waals surface area contributed by atoms with Crippen LogP contribution in [0.1, 0.15) is 53.0 Å². The maximum Gasteiger partial charge on any atom is 0.311 e. The van der Waals surface area contributed by atoms with E-state index in [9.17, 15) is 14.7 Å². The van der Waals surface area contributed by atoms with Crippen LogP contribution in [0.15, 0.2) is 24.3 Å². The fourth-order valence-corrected chi connectivity index (χ4v) is 5.45. The monoisotopic (exact) mass is 379 g/mol. The van der Waals surface area contributed by atoms with E-state index in [1.807, 2.05) is 16.8 Å². The van der Waals surface area contributed by atoms with Gasteiger partial charge in [-0.1, -0.05) is 24.1 Å². The summed E-state index contributed by atoms with van der Waals surface area (Å²) in [4.78, 5) is 27.1. The highest BCUT2D eigenvalue weighted by atomic mass is 16.4. The first-order chi connectivity index (χ1) is 13.5. The fraction of sp³-hybridized carbons (Fsp3) is 0.500. The molecule has 28 heavy (non-hydrogen) atoms. The first-order valence-corrected chi connectivity index (χ1v) is 10.2. The Labute approximate surface area is 164 Å². The van der Waals surface area contributed by atoms with E-state index in [-0.39, 0.29) is 11.8 Å². The van der Waals surface area contributed by atoms with Gasteiger partial charge in [0, 0.05) is 24.3 Å². The Morgan fingerprint density at radius 2 is 1.96 bits per heavy atom. The maximum atomic E-state index is 13.4. The summed E-state index contributed by atoms with van der Waals surface area (Å²) in [5, 5.41) is 14.5. The van der Waals surface area contributed by atoms with Crippen molar-refractivity contribution in [2.75, 3.05) is 13.1 Å². The van der Waals surface area contributed by atoms with Crippen LogP contribution in [-0.2, 0) is 17.6 Å². The number of carboxylic acid groups (broad SMARTS) is 1. The van der Waals surface area contributed by atoms with Gasteiger partial charge in [-0.3, -0.25) is 9.59 Å². The van der Waals surface area contributed by atoms with Crippen LogP contribution in [0.4, 0.5) is 0 Å². The predicted octanol–water partition coefficient (Wildman–Crippen LogP) is 3.00. The number of likely N-dealkylation sites (tertiary alicyclic amines) is 1. The van der Waals surface area contributed by atoms with E-state index in [2.05, 4.69) is 19.1 Å². The normalized spacial score (nSPS) is 25.8. The van der Waals surface area contributed by atoms with E-state index in [0.717, 1.165) is 49.0 Å². The van der Waals surface area contributed by atoms with Crippen LogP contribution in [0.25, 0.3) is 5.69 Å². The van der Waals surface area contributed by atoms with Crippen LogP contribution >= 0.6 is 0 Å². The number of aryl methyl sites for hydroxylation is 1. The largest absolute Gasteiger partial charge is 0.481 e. The lowest BCUT2D eigenvalue weighted by atomic mass is 9.81. The molecular weight excluding hydrogens is 354 g/mol. The van der Waals surface area contributed by atoms with Crippen LogP contribution in [0, 0.1) is 18.3 Å². The second-order valence-electron chi connectivity index (χ2n) is 8.61. The SMILES string of the molecule is Cc1ccc(-n2nc(C(=O)N3C[C@@H]4CCC[C@@]4(C(=O)O)C3)c3c2CCC3)cc1. The minimum atomic E-state index is -0.752. The van der Waals surface area contributed by atoms with Crippen molar-refractivity contribution in [3.63, 3.8) is 0 Å². The number of aromatic nitrogens is 2. The van der Waals surface area contributed by atoms with Gasteiger partial charge in [0.05, 0.1) is 11.1 Å². The number of benzene rings is 1. The molecule has 146 valence electrons. The van der Waals surface area contributed by atoms with Crippen molar-refractivity contribution in [1.82, 2.24) is 14.7 Å². The van der Waals surface area contributed by atoms with Crippen molar-refractivity contribution < 1.29 is 14.7 Å². The zero-order valence-corrected chi connectivity index (χ0v) is 16.1. The Bertz CT molecular complexity index is 962. The average Bonchev–Trinajstić information content (AvgIpc) is 3.41. The molecule has 0 unspecified atom stereocenters. The van der Waals surface area contributed by atoms with Crippen molar-refractivity contribution in [3.05, 3.63) is 46.8 Å². The summed E-state index contributed by atoms with van der Waals surface area (Å²) in [6.07, 6.45) is 5.32.